The number of carbonyl (C=O) groups excluding carboxylic acids is 2. The molecule has 1 amide bonds. The first-order valence-corrected chi connectivity index (χ1v) is 12.3. The molecule has 9 heteroatoms. The molecule has 1 atom stereocenters. The van der Waals surface area contributed by atoms with Gasteiger partial charge in [0, 0.05) is 11.8 Å². The van der Waals surface area contributed by atoms with E-state index in [0.29, 0.717) is 23.3 Å². The lowest BCUT2D eigenvalue weighted by Crippen LogP contribution is -2.39. The normalized spacial score (nSPS) is 11.6. The topological polar surface area (TPSA) is 126 Å². The largest absolute Gasteiger partial charge is 0.497 e. The molecular weight excluding hydrogens is 496 g/mol. The van der Waals surface area contributed by atoms with Crippen molar-refractivity contribution >= 4 is 22.7 Å². The second kappa shape index (κ2) is 11.6. The molecule has 5 rings (SSSR count). The molecule has 0 saturated carbocycles. The summed E-state index contributed by atoms with van der Waals surface area (Å²) < 4.78 is 11.1. The molecule has 0 fully saturated rings. The molecule has 0 bridgehead atoms. The Labute approximate surface area is 224 Å². The molecule has 2 heterocycles. The summed E-state index contributed by atoms with van der Waals surface area (Å²) in [4.78, 5) is 37.6. The van der Waals surface area contributed by atoms with Crippen LogP contribution in [0.3, 0.4) is 0 Å². The third kappa shape index (κ3) is 5.94. The number of fused-ring (bicyclic) bond motifs is 1. The number of aliphatic hydroxyl groups excluding tert-OH is 1. The van der Waals surface area contributed by atoms with Crippen LogP contribution in [0.25, 0.3) is 11.0 Å². The van der Waals surface area contributed by atoms with Crippen molar-refractivity contribution in [1.29, 1.82) is 0 Å². The van der Waals surface area contributed by atoms with Crippen LogP contribution in [0.2, 0.25) is 0 Å². The smallest absolute Gasteiger partial charge is 0.257 e. The third-order valence-electron chi connectivity index (χ3n) is 6.15. The summed E-state index contributed by atoms with van der Waals surface area (Å²) in [6.07, 6.45) is 1.95. The lowest BCUT2D eigenvalue weighted by atomic mass is 10.1. The summed E-state index contributed by atoms with van der Waals surface area (Å²) in [6, 6.07) is 24.1. The number of aromatic amines is 1. The van der Waals surface area contributed by atoms with Crippen molar-refractivity contribution in [3.05, 3.63) is 114 Å². The highest BCUT2D eigenvalue weighted by atomic mass is 16.5. The maximum absolute atomic E-state index is 13.1. The van der Waals surface area contributed by atoms with Crippen LogP contribution in [-0.2, 0) is 6.42 Å². The number of carbonyl (C=O) groups is 2. The van der Waals surface area contributed by atoms with Crippen LogP contribution in [0, 0.1) is 0 Å². The molecule has 5 aromatic rings. The summed E-state index contributed by atoms with van der Waals surface area (Å²) in [5.41, 5.74) is 3.09. The molecule has 3 aromatic carbocycles. The van der Waals surface area contributed by atoms with Gasteiger partial charge in [-0.15, -0.1) is 0 Å². The van der Waals surface area contributed by atoms with Gasteiger partial charge in [0.2, 0.25) is 11.7 Å². The highest BCUT2D eigenvalue weighted by Gasteiger charge is 2.19. The molecule has 9 nitrogen and oxygen atoms in total. The van der Waals surface area contributed by atoms with E-state index < -0.39 is 11.9 Å². The molecule has 0 radical (unpaired) electrons. The van der Waals surface area contributed by atoms with E-state index in [1.807, 2.05) is 48.5 Å². The second-order valence-electron chi connectivity index (χ2n) is 8.82. The number of nitrogens with one attached hydrogen (secondary N) is 2. The minimum Gasteiger partial charge on any atom is -0.497 e. The van der Waals surface area contributed by atoms with Gasteiger partial charge in [0.05, 0.1) is 30.8 Å². The van der Waals surface area contributed by atoms with E-state index in [-0.39, 0.29) is 29.7 Å². The van der Waals surface area contributed by atoms with E-state index in [1.165, 1.54) is 6.20 Å². The predicted octanol–water partition coefficient (Wildman–Crippen LogP) is 4.32. The zero-order valence-electron chi connectivity index (χ0n) is 21.1. The van der Waals surface area contributed by atoms with Crippen LogP contribution >= 0.6 is 0 Å². The number of hydrogen-bond donors (Lipinski definition) is 3. The predicted molar refractivity (Wildman–Crippen MR) is 145 cm³/mol. The van der Waals surface area contributed by atoms with Crippen LogP contribution < -0.4 is 14.8 Å². The average molecular weight is 523 g/mol. The summed E-state index contributed by atoms with van der Waals surface area (Å²) in [7, 11) is 1.59. The Morgan fingerprint density at radius 2 is 1.69 bits per heavy atom. The minimum absolute atomic E-state index is 0.104. The van der Waals surface area contributed by atoms with E-state index in [9.17, 15) is 14.7 Å². The number of rotatable bonds is 10. The Morgan fingerprint density at radius 1 is 0.949 bits per heavy atom. The Kier molecular flexibility index (Phi) is 7.60. The first-order chi connectivity index (χ1) is 19.0. The van der Waals surface area contributed by atoms with Gasteiger partial charge in [-0.25, -0.2) is 9.97 Å². The number of imidazole rings is 1. The molecule has 0 spiro atoms. The van der Waals surface area contributed by atoms with Gasteiger partial charge in [-0.3, -0.25) is 9.59 Å². The van der Waals surface area contributed by atoms with Gasteiger partial charge in [0.15, 0.2) is 5.82 Å². The fourth-order valence-corrected chi connectivity index (χ4v) is 4.10. The number of ether oxygens (including phenoxy) is 2. The van der Waals surface area contributed by atoms with Gasteiger partial charge in [0.25, 0.3) is 5.91 Å². The number of ketones is 1. The molecule has 0 saturated heterocycles. The Balaban J connectivity index is 1.26. The molecule has 3 N–H and O–H groups in total. The lowest BCUT2D eigenvalue weighted by molar-refractivity contribution is 0.0913. The Hall–Kier alpha value is -5.02. The number of nitrogens with zero attached hydrogens (tertiary/aromatic N) is 2. The molecule has 196 valence electrons. The molecule has 0 aliphatic heterocycles. The number of methoxy groups -OCH3 is 1. The quantitative estimate of drug-likeness (QED) is 0.233. The van der Waals surface area contributed by atoms with Gasteiger partial charge in [-0.2, -0.15) is 0 Å². The van der Waals surface area contributed by atoms with Gasteiger partial charge >= 0.3 is 0 Å². The average Bonchev–Trinajstić information content (AvgIpc) is 3.42. The van der Waals surface area contributed by atoms with Crippen molar-refractivity contribution in [2.24, 2.45) is 0 Å². The Morgan fingerprint density at radius 3 is 2.41 bits per heavy atom. The van der Waals surface area contributed by atoms with Crippen molar-refractivity contribution in [1.82, 2.24) is 20.3 Å². The summed E-state index contributed by atoms with van der Waals surface area (Å²) in [5, 5.41) is 12.7. The van der Waals surface area contributed by atoms with Crippen molar-refractivity contribution in [3.8, 4) is 17.4 Å². The SMILES string of the molecule is COc1ccc(C[C@@H](CO)NC(=O)c2cccnc2Oc2ccc(C(=O)c3nc4ccccc4[nH]3)cc2)cc1. The van der Waals surface area contributed by atoms with E-state index in [1.54, 1.807) is 43.5 Å². The lowest BCUT2D eigenvalue weighted by Gasteiger charge is -2.17. The van der Waals surface area contributed by atoms with Crippen LogP contribution in [0.1, 0.15) is 32.1 Å². The van der Waals surface area contributed by atoms with Crippen LogP contribution in [0.4, 0.5) is 0 Å². The number of hydrogen-bond acceptors (Lipinski definition) is 7. The highest BCUT2D eigenvalue weighted by molar-refractivity contribution is 6.08. The van der Waals surface area contributed by atoms with Crippen LogP contribution in [-0.4, -0.2) is 51.5 Å². The van der Waals surface area contributed by atoms with Crippen molar-refractivity contribution in [2.45, 2.75) is 12.5 Å². The summed E-state index contributed by atoms with van der Waals surface area (Å²) >= 11 is 0. The van der Waals surface area contributed by atoms with E-state index >= 15 is 0 Å². The van der Waals surface area contributed by atoms with Crippen molar-refractivity contribution in [3.63, 3.8) is 0 Å². The molecule has 0 aliphatic rings. The fourth-order valence-electron chi connectivity index (χ4n) is 4.10. The van der Waals surface area contributed by atoms with Crippen LogP contribution in [0.15, 0.2) is 91.1 Å². The van der Waals surface area contributed by atoms with Crippen molar-refractivity contribution in [2.75, 3.05) is 13.7 Å². The van der Waals surface area contributed by atoms with Crippen LogP contribution in [0.5, 0.6) is 17.4 Å². The maximum Gasteiger partial charge on any atom is 0.257 e. The second-order valence-corrected chi connectivity index (χ2v) is 8.82. The van der Waals surface area contributed by atoms with Gasteiger partial charge < -0.3 is 24.9 Å². The Bertz CT molecular complexity index is 1560. The minimum atomic E-state index is -0.512. The number of aliphatic hydroxyl groups is 1. The monoisotopic (exact) mass is 522 g/mol. The molecular formula is C30H26N4O5. The first kappa shape index (κ1) is 25.6. The van der Waals surface area contributed by atoms with E-state index in [4.69, 9.17) is 9.47 Å². The summed E-state index contributed by atoms with van der Waals surface area (Å²) in [5.74, 6) is 0.812. The third-order valence-corrected chi connectivity index (χ3v) is 6.15. The zero-order valence-corrected chi connectivity index (χ0v) is 21.1. The first-order valence-electron chi connectivity index (χ1n) is 12.3. The standard InChI is InChI=1S/C30H26N4O5/c1-38-22-12-8-19(9-13-22)17-21(18-35)32-29(37)24-5-4-16-31-30(24)39-23-14-10-20(11-15-23)27(36)28-33-25-6-2-3-7-26(25)34-28/h2-16,21,35H,17-18H2,1H3,(H,32,37)(H,33,34)/t21-/m0/s1. The fraction of sp³-hybridized carbons (Fsp3) is 0.133. The molecule has 39 heavy (non-hydrogen) atoms. The van der Waals surface area contributed by atoms with Crippen molar-refractivity contribution < 1.29 is 24.2 Å². The zero-order chi connectivity index (χ0) is 27.2. The number of para-hydroxylation sites is 2. The van der Waals surface area contributed by atoms with Gasteiger partial charge in [-0.05, 0) is 72.6 Å². The molecule has 0 unspecified atom stereocenters. The maximum atomic E-state index is 13.1. The number of pyridine rings is 1. The number of aromatic nitrogens is 3. The molecule has 0 aliphatic carbocycles. The highest BCUT2D eigenvalue weighted by Crippen LogP contribution is 2.24. The van der Waals surface area contributed by atoms with E-state index in [0.717, 1.165) is 16.8 Å². The number of amides is 1. The molecule has 2 aromatic heterocycles. The number of benzene rings is 3. The van der Waals surface area contributed by atoms with Gasteiger partial charge in [0.1, 0.15) is 17.1 Å². The summed E-state index contributed by atoms with van der Waals surface area (Å²) in [6.45, 7) is -0.241. The van der Waals surface area contributed by atoms with E-state index in [2.05, 4.69) is 20.3 Å². The van der Waals surface area contributed by atoms with Gasteiger partial charge in [-0.1, -0.05) is 24.3 Å². The number of H-pyrrole nitrogens is 1.